The molecule has 5 nitrogen and oxygen atoms in total. The van der Waals surface area contributed by atoms with Crippen LogP contribution in [0, 0.1) is 0 Å². The van der Waals surface area contributed by atoms with Crippen LogP contribution in [-0.2, 0) is 0 Å². The van der Waals surface area contributed by atoms with Crippen molar-refractivity contribution in [1.29, 1.82) is 0 Å². The van der Waals surface area contributed by atoms with E-state index in [0.717, 1.165) is 71.9 Å². The van der Waals surface area contributed by atoms with Gasteiger partial charge >= 0.3 is 0 Å². The van der Waals surface area contributed by atoms with Crippen molar-refractivity contribution in [2.75, 3.05) is 0 Å². The third kappa shape index (κ3) is 3.47. The summed E-state index contributed by atoms with van der Waals surface area (Å²) in [7, 11) is 0. The first-order valence-electron chi connectivity index (χ1n) is 19.7. The van der Waals surface area contributed by atoms with Crippen molar-refractivity contribution in [3.8, 4) is 17.1 Å². The number of hydrogen-bond donors (Lipinski definition) is 0. The molecule has 9 aromatic carbocycles. The topological polar surface area (TPSA) is 48.3 Å². The molecule has 0 saturated heterocycles. The highest BCUT2D eigenvalue weighted by Crippen LogP contribution is 2.50. The molecule has 0 amide bonds. The Hall–Kier alpha value is -7.54. The summed E-state index contributed by atoms with van der Waals surface area (Å²) in [6, 6.07) is 56.9. The molecule has 0 aliphatic carbocycles. The summed E-state index contributed by atoms with van der Waals surface area (Å²) < 4.78 is 14.0. The van der Waals surface area contributed by atoms with E-state index in [2.05, 4.69) is 155 Å². The molecule has 0 atom stereocenters. The second-order valence-corrected chi connectivity index (χ2v) is 16.7. The third-order valence-electron chi connectivity index (χ3n) is 12.8. The number of furan rings is 1. The van der Waals surface area contributed by atoms with Crippen LogP contribution in [0.3, 0.4) is 0 Å². The normalized spacial score (nSPS) is 12.8. The van der Waals surface area contributed by atoms with Gasteiger partial charge in [0.1, 0.15) is 16.9 Å². The van der Waals surface area contributed by atoms with Gasteiger partial charge in [0.25, 0.3) is 0 Å². The number of thiophene rings is 1. The van der Waals surface area contributed by atoms with Crippen molar-refractivity contribution in [1.82, 2.24) is 18.9 Å². The molecule has 6 heterocycles. The summed E-state index contributed by atoms with van der Waals surface area (Å²) in [5.74, 6) is 0.794. The first kappa shape index (κ1) is 29.7. The highest BCUT2D eigenvalue weighted by Gasteiger charge is 2.28. The van der Waals surface area contributed by atoms with E-state index in [-0.39, 0.29) is 0 Å². The molecule has 15 aromatic rings. The Balaban J connectivity index is 1.17. The van der Waals surface area contributed by atoms with Gasteiger partial charge in [-0.25, -0.2) is 9.97 Å². The minimum atomic E-state index is 0.794. The fourth-order valence-electron chi connectivity index (χ4n) is 10.5. The Morgan fingerprint density at radius 3 is 1.88 bits per heavy atom. The van der Waals surface area contributed by atoms with E-state index < -0.39 is 0 Å². The van der Waals surface area contributed by atoms with Gasteiger partial charge < -0.3 is 8.82 Å². The van der Waals surface area contributed by atoms with Crippen molar-refractivity contribution >= 4 is 135 Å². The third-order valence-corrected chi connectivity index (χ3v) is 13.9. The quantitative estimate of drug-likeness (QED) is 0.165. The van der Waals surface area contributed by atoms with Crippen molar-refractivity contribution in [2.24, 2.45) is 0 Å². The maximum Gasteiger partial charge on any atom is 0.165 e. The second-order valence-electron chi connectivity index (χ2n) is 15.6. The van der Waals surface area contributed by atoms with Gasteiger partial charge in [-0.1, -0.05) is 103 Å². The molecule has 0 aliphatic rings. The van der Waals surface area contributed by atoms with Crippen LogP contribution in [0.4, 0.5) is 0 Å². The Morgan fingerprint density at radius 1 is 0.414 bits per heavy atom. The summed E-state index contributed by atoms with van der Waals surface area (Å²) in [5, 5.41) is 14.4. The number of hydrogen-bond acceptors (Lipinski definition) is 4. The van der Waals surface area contributed by atoms with E-state index in [4.69, 9.17) is 14.4 Å². The van der Waals surface area contributed by atoms with E-state index >= 15 is 0 Å². The fraction of sp³-hybridized carbons (Fsp3) is 0. The molecule has 0 spiro atoms. The lowest BCUT2D eigenvalue weighted by molar-refractivity contribution is 0.669. The standard InChI is InChI=1S/C52H26N4OS/c1-3-14-33-28(10-1)29-11-2-4-15-34(29)50-49(33)53-48(27-20-21-32-31-13-6-8-19-40(31)57-41(32)26-27)52(54-50)56-38-18-9-17-37-44(38)45-39(56)23-25-42-46(45)47-43(58-42)24-22-35-30-12-5-7-16-36(30)55(37)51(35)47/h1-26H. The Bertz CT molecular complexity index is 4280. The fourth-order valence-corrected chi connectivity index (χ4v) is 11.6. The lowest BCUT2D eigenvalue weighted by atomic mass is 9.99. The second kappa shape index (κ2) is 10.2. The Kier molecular flexibility index (Phi) is 5.25. The van der Waals surface area contributed by atoms with Crippen LogP contribution in [0.25, 0.3) is 141 Å². The predicted molar refractivity (Wildman–Crippen MR) is 243 cm³/mol. The van der Waals surface area contributed by atoms with E-state index in [0.29, 0.717) is 0 Å². The number of para-hydroxylation sites is 2. The average molecular weight is 755 g/mol. The molecule has 6 heteroatoms. The molecular formula is C52H26N4OS. The zero-order valence-electron chi connectivity index (χ0n) is 30.6. The summed E-state index contributed by atoms with van der Waals surface area (Å²) in [4.78, 5) is 11.5. The van der Waals surface area contributed by atoms with Crippen LogP contribution in [0.5, 0.6) is 0 Å². The van der Waals surface area contributed by atoms with Gasteiger partial charge in [0.15, 0.2) is 5.82 Å². The molecular weight excluding hydrogens is 729 g/mol. The smallest absolute Gasteiger partial charge is 0.165 e. The van der Waals surface area contributed by atoms with Crippen LogP contribution < -0.4 is 0 Å². The SMILES string of the molecule is c1ccc2c(c1)oc1cc(-c3nc4c5ccccc5c5ccccc5c4nc3-n3c4ccc5sc6ccc7c8ccccc8n8c9cccc3c9c4c5c6c78)ccc12. The molecule has 0 saturated carbocycles. The molecule has 6 aromatic heterocycles. The zero-order valence-corrected chi connectivity index (χ0v) is 31.4. The molecule has 266 valence electrons. The van der Waals surface area contributed by atoms with Crippen molar-refractivity contribution in [3.05, 3.63) is 158 Å². The van der Waals surface area contributed by atoms with Gasteiger partial charge in [-0.3, -0.25) is 4.57 Å². The number of fused-ring (bicyclic) bond motifs is 13. The highest BCUT2D eigenvalue weighted by atomic mass is 32.1. The summed E-state index contributed by atoms with van der Waals surface area (Å²) in [6.45, 7) is 0. The maximum atomic E-state index is 6.50. The summed E-state index contributed by atoms with van der Waals surface area (Å²) >= 11 is 1.88. The number of aromatic nitrogens is 4. The van der Waals surface area contributed by atoms with Gasteiger partial charge in [-0.05, 0) is 65.4 Å². The Labute approximate surface area is 331 Å². The molecule has 58 heavy (non-hydrogen) atoms. The van der Waals surface area contributed by atoms with Gasteiger partial charge in [-0.15, -0.1) is 11.3 Å². The van der Waals surface area contributed by atoms with Crippen LogP contribution in [0.1, 0.15) is 0 Å². The summed E-state index contributed by atoms with van der Waals surface area (Å²) in [5.41, 5.74) is 11.1. The molecule has 0 aliphatic heterocycles. The van der Waals surface area contributed by atoms with Crippen molar-refractivity contribution < 1.29 is 4.42 Å². The lowest BCUT2D eigenvalue weighted by Crippen LogP contribution is -2.04. The molecule has 0 radical (unpaired) electrons. The van der Waals surface area contributed by atoms with Crippen LogP contribution in [0.2, 0.25) is 0 Å². The molecule has 15 rings (SSSR count). The minimum absolute atomic E-state index is 0.794. The van der Waals surface area contributed by atoms with Crippen molar-refractivity contribution in [2.45, 2.75) is 0 Å². The van der Waals surface area contributed by atoms with E-state index in [1.54, 1.807) is 0 Å². The van der Waals surface area contributed by atoms with Crippen LogP contribution in [-0.4, -0.2) is 18.9 Å². The van der Waals surface area contributed by atoms with Crippen LogP contribution >= 0.6 is 11.3 Å². The number of rotatable bonds is 2. The minimum Gasteiger partial charge on any atom is -0.456 e. The largest absolute Gasteiger partial charge is 0.456 e. The zero-order chi connectivity index (χ0) is 37.4. The van der Waals surface area contributed by atoms with Gasteiger partial charge in [0.05, 0.1) is 38.6 Å². The first-order valence-corrected chi connectivity index (χ1v) is 20.5. The van der Waals surface area contributed by atoms with E-state index in [1.165, 1.54) is 69.0 Å². The predicted octanol–water partition coefficient (Wildman–Crippen LogP) is 14.4. The maximum absolute atomic E-state index is 6.50. The van der Waals surface area contributed by atoms with Gasteiger partial charge in [0.2, 0.25) is 0 Å². The molecule has 0 fully saturated rings. The van der Waals surface area contributed by atoms with Crippen LogP contribution in [0.15, 0.2) is 162 Å². The molecule has 0 bridgehead atoms. The summed E-state index contributed by atoms with van der Waals surface area (Å²) in [6.07, 6.45) is 0. The number of nitrogens with zero attached hydrogens (tertiary/aromatic N) is 4. The Morgan fingerprint density at radius 2 is 1.03 bits per heavy atom. The van der Waals surface area contributed by atoms with Crippen molar-refractivity contribution in [3.63, 3.8) is 0 Å². The molecule has 0 N–H and O–H groups in total. The highest BCUT2D eigenvalue weighted by molar-refractivity contribution is 7.26. The monoisotopic (exact) mass is 754 g/mol. The average Bonchev–Trinajstić information content (AvgIpc) is 4.01. The van der Waals surface area contributed by atoms with E-state index in [9.17, 15) is 0 Å². The lowest BCUT2D eigenvalue weighted by Gasteiger charge is -2.16. The first-order chi connectivity index (χ1) is 28.8. The van der Waals surface area contributed by atoms with Gasteiger partial charge in [-0.2, -0.15) is 0 Å². The van der Waals surface area contributed by atoms with Gasteiger partial charge in [0, 0.05) is 68.8 Å². The van der Waals surface area contributed by atoms with E-state index in [1.807, 2.05) is 23.5 Å². The molecule has 0 unspecified atom stereocenters. The number of benzene rings is 9.